The highest BCUT2D eigenvalue weighted by Crippen LogP contribution is 2.39. The maximum atomic E-state index is 5.80. The van der Waals surface area contributed by atoms with Gasteiger partial charge in [0.05, 0.1) is 6.61 Å². The first-order valence-electron chi connectivity index (χ1n) is 6.00. The summed E-state index contributed by atoms with van der Waals surface area (Å²) >= 11 is 3.61. The van der Waals surface area contributed by atoms with Crippen molar-refractivity contribution in [2.24, 2.45) is 0 Å². The van der Waals surface area contributed by atoms with Gasteiger partial charge in [0.15, 0.2) is 0 Å². The number of benzene rings is 1. The summed E-state index contributed by atoms with van der Waals surface area (Å²) in [5.74, 6) is 1.85. The molecule has 0 aromatic heterocycles. The van der Waals surface area contributed by atoms with Gasteiger partial charge < -0.3 is 10.1 Å². The second-order valence-corrected chi connectivity index (χ2v) is 5.52. The SMILES string of the molecule is Brc1cc2c(c(C3CCNCC3)c1)OCC2. The van der Waals surface area contributed by atoms with Crippen LogP contribution in [0.15, 0.2) is 16.6 Å². The molecule has 0 spiro atoms. The molecule has 0 bridgehead atoms. The van der Waals surface area contributed by atoms with E-state index in [0.29, 0.717) is 5.92 Å². The summed E-state index contributed by atoms with van der Waals surface area (Å²) in [7, 11) is 0. The zero-order chi connectivity index (χ0) is 11.0. The van der Waals surface area contributed by atoms with E-state index in [1.54, 1.807) is 0 Å². The van der Waals surface area contributed by atoms with Gasteiger partial charge in [-0.05, 0) is 55.1 Å². The lowest BCUT2D eigenvalue weighted by Gasteiger charge is -2.24. The van der Waals surface area contributed by atoms with Crippen molar-refractivity contribution in [2.75, 3.05) is 19.7 Å². The van der Waals surface area contributed by atoms with Gasteiger partial charge in [-0.15, -0.1) is 0 Å². The third-order valence-corrected chi connectivity index (χ3v) is 4.01. The summed E-state index contributed by atoms with van der Waals surface area (Å²) in [5, 5.41) is 3.41. The summed E-state index contributed by atoms with van der Waals surface area (Å²) < 4.78 is 7.00. The normalized spacial score (nSPS) is 20.6. The molecule has 16 heavy (non-hydrogen) atoms. The fourth-order valence-corrected chi connectivity index (χ4v) is 3.26. The Hall–Kier alpha value is -0.540. The fraction of sp³-hybridized carbons (Fsp3) is 0.538. The molecule has 1 saturated heterocycles. The molecule has 0 unspecified atom stereocenters. The predicted molar refractivity (Wildman–Crippen MR) is 68.2 cm³/mol. The number of piperidine rings is 1. The Morgan fingerprint density at radius 2 is 2.06 bits per heavy atom. The van der Waals surface area contributed by atoms with Crippen molar-refractivity contribution in [3.8, 4) is 5.75 Å². The predicted octanol–water partition coefficient (Wildman–Crippen LogP) is 2.85. The first kappa shape index (κ1) is 10.6. The van der Waals surface area contributed by atoms with Crippen molar-refractivity contribution in [1.82, 2.24) is 5.32 Å². The smallest absolute Gasteiger partial charge is 0.126 e. The average molecular weight is 282 g/mol. The van der Waals surface area contributed by atoms with E-state index < -0.39 is 0 Å². The quantitative estimate of drug-likeness (QED) is 0.855. The van der Waals surface area contributed by atoms with Crippen LogP contribution in [-0.4, -0.2) is 19.7 Å². The zero-order valence-electron chi connectivity index (χ0n) is 9.26. The third-order valence-electron chi connectivity index (χ3n) is 3.56. The molecule has 0 saturated carbocycles. The molecule has 2 heterocycles. The van der Waals surface area contributed by atoms with Crippen LogP contribution in [0.1, 0.15) is 29.9 Å². The van der Waals surface area contributed by atoms with Gasteiger partial charge in [0.1, 0.15) is 5.75 Å². The third kappa shape index (κ3) is 1.87. The van der Waals surface area contributed by atoms with Gasteiger partial charge in [0.2, 0.25) is 0 Å². The van der Waals surface area contributed by atoms with Gasteiger partial charge in [0, 0.05) is 10.9 Å². The zero-order valence-corrected chi connectivity index (χ0v) is 10.8. The van der Waals surface area contributed by atoms with Crippen molar-refractivity contribution in [3.63, 3.8) is 0 Å². The van der Waals surface area contributed by atoms with Crippen LogP contribution < -0.4 is 10.1 Å². The summed E-state index contributed by atoms with van der Waals surface area (Å²) in [6.45, 7) is 3.11. The number of hydrogen-bond donors (Lipinski definition) is 1. The largest absolute Gasteiger partial charge is 0.493 e. The number of halogens is 1. The van der Waals surface area contributed by atoms with E-state index in [1.165, 1.54) is 34.2 Å². The Bertz CT molecular complexity index is 399. The molecular weight excluding hydrogens is 266 g/mol. The van der Waals surface area contributed by atoms with Gasteiger partial charge in [0.25, 0.3) is 0 Å². The van der Waals surface area contributed by atoms with Crippen LogP contribution in [-0.2, 0) is 6.42 Å². The Balaban J connectivity index is 1.99. The van der Waals surface area contributed by atoms with Gasteiger partial charge in [-0.3, -0.25) is 0 Å². The standard InChI is InChI=1S/C13H16BrNO/c14-11-7-10-3-6-16-13(10)12(8-11)9-1-4-15-5-2-9/h7-9,15H,1-6H2. The minimum Gasteiger partial charge on any atom is -0.493 e. The Kier molecular flexibility index (Phi) is 2.90. The van der Waals surface area contributed by atoms with Crippen molar-refractivity contribution < 1.29 is 4.74 Å². The summed E-state index contributed by atoms with van der Waals surface area (Å²) in [6, 6.07) is 4.45. The highest BCUT2D eigenvalue weighted by Gasteiger charge is 2.24. The van der Waals surface area contributed by atoms with E-state index in [-0.39, 0.29) is 0 Å². The van der Waals surface area contributed by atoms with E-state index in [9.17, 15) is 0 Å². The summed E-state index contributed by atoms with van der Waals surface area (Å²) in [6.07, 6.45) is 3.52. The molecule has 0 atom stereocenters. The molecule has 0 amide bonds. The summed E-state index contributed by atoms with van der Waals surface area (Å²) in [5.41, 5.74) is 2.80. The molecule has 1 fully saturated rings. The fourth-order valence-electron chi connectivity index (χ4n) is 2.73. The molecule has 3 heteroatoms. The molecule has 3 rings (SSSR count). The number of rotatable bonds is 1. The lowest BCUT2D eigenvalue weighted by Crippen LogP contribution is -2.26. The molecule has 0 aliphatic carbocycles. The van der Waals surface area contributed by atoms with Crippen molar-refractivity contribution in [2.45, 2.75) is 25.2 Å². The average Bonchev–Trinajstić information content (AvgIpc) is 2.77. The lowest BCUT2D eigenvalue weighted by molar-refractivity contribution is 0.346. The molecular formula is C13H16BrNO. The number of ether oxygens (including phenoxy) is 1. The first-order chi connectivity index (χ1) is 7.84. The second kappa shape index (κ2) is 4.38. The molecule has 86 valence electrons. The Labute approximate surface area is 105 Å². The minimum atomic E-state index is 0.672. The number of fused-ring (bicyclic) bond motifs is 1. The monoisotopic (exact) mass is 281 g/mol. The van der Waals surface area contributed by atoms with E-state index in [2.05, 4.69) is 33.4 Å². The lowest BCUT2D eigenvalue weighted by atomic mass is 9.88. The van der Waals surface area contributed by atoms with Crippen LogP contribution in [0.3, 0.4) is 0 Å². The molecule has 2 aliphatic heterocycles. The minimum absolute atomic E-state index is 0.672. The summed E-state index contributed by atoms with van der Waals surface area (Å²) in [4.78, 5) is 0. The van der Waals surface area contributed by atoms with E-state index in [0.717, 1.165) is 26.1 Å². The van der Waals surface area contributed by atoms with Crippen LogP contribution in [0, 0.1) is 0 Å². The van der Waals surface area contributed by atoms with Crippen LogP contribution in [0.25, 0.3) is 0 Å². The number of nitrogens with one attached hydrogen (secondary N) is 1. The highest BCUT2D eigenvalue weighted by molar-refractivity contribution is 9.10. The molecule has 2 aliphatic rings. The van der Waals surface area contributed by atoms with Crippen molar-refractivity contribution in [1.29, 1.82) is 0 Å². The van der Waals surface area contributed by atoms with E-state index >= 15 is 0 Å². The molecule has 1 N–H and O–H groups in total. The maximum absolute atomic E-state index is 5.80. The second-order valence-electron chi connectivity index (χ2n) is 4.61. The van der Waals surface area contributed by atoms with Gasteiger partial charge >= 0.3 is 0 Å². The Morgan fingerprint density at radius 1 is 1.25 bits per heavy atom. The Morgan fingerprint density at radius 3 is 2.88 bits per heavy atom. The topological polar surface area (TPSA) is 21.3 Å². The number of hydrogen-bond acceptors (Lipinski definition) is 2. The van der Waals surface area contributed by atoms with E-state index in [4.69, 9.17) is 4.74 Å². The van der Waals surface area contributed by atoms with Crippen molar-refractivity contribution in [3.05, 3.63) is 27.7 Å². The van der Waals surface area contributed by atoms with Crippen LogP contribution in [0.2, 0.25) is 0 Å². The van der Waals surface area contributed by atoms with Gasteiger partial charge in [-0.1, -0.05) is 15.9 Å². The van der Waals surface area contributed by atoms with Gasteiger partial charge in [-0.25, -0.2) is 0 Å². The molecule has 1 aromatic rings. The van der Waals surface area contributed by atoms with Crippen LogP contribution in [0.4, 0.5) is 0 Å². The first-order valence-corrected chi connectivity index (χ1v) is 6.80. The van der Waals surface area contributed by atoms with Crippen molar-refractivity contribution >= 4 is 15.9 Å². The van der Waals surface area contributed by atoms with Gasteiger partial charge in [-0.2, -0.15) is 0 Å². The molecule has 1 aromatic carbocycles. The molecule has 2 nitrogen and oxygen atoms in total. The van der Waals surface area contributed by atoms with Crippen LogP contribution >= 0.6 is 15.9 Å². The van der Waals surface area contributed by atoms with E-state index in [1.807, 2.05) is 0 Å². The maximum Gasteiger partial charge on any atom is 0.126 e. The highest BCUT2D eigenvalue weighted by atomic mass is 79.9. The molecule has 0 radical (unpaired) electrons. The van der Waals surface area contributed by atoms with Crippen LogP contribution in [0.5, 0.6) is 5.75 Å².